The van der Waals surface area contributed by atoms with Crippen LogP contribution in [-0.2, 0) is 0 Å². The average Bonchev–Trinajstić information content (AvgIpc) is 2.14. The first kappa shape index (κ1) is 15.3. The lowest BCUT2D eigenvalue weighted by Gasteiger charge is -2.14. The maximum absolute atomic E-state index is 13.3. The molecule has 1 aromatic carbocycles. The van der Waals surface area contributed by atoms with E-state index in [2.05, 4.69) is 13.8 Å². The van der Waals surface area contributed by atoms with Crippen molar-refractivity contribution in [3.05, 3.63) is 35.4 Å². The molecule has 1 aromatic rings. The molecule has 0 fully saturated rings. The molecule has 1 rings (SSSR count). The molecule has 0 saturated heterocycles. The molecule has 0 aromatic heterocycles. The molecular weight excluding hydrogens is 232 g/mol. The van der Waals surface area contributed by atoms with Gasteiger partial charge in [0, 0.05) is 17.7 Å². The molecule has 0 radical (unpaired) electrons. The molecule has 0 heterocycles. The Morgan fingerprint density at radius 1 is 1.19 bits per heavy atom. The zero-order chi connectivity index (χ0) is 11.4. The van der Waals surface area contributed by atoms with Gasteiger partial charge in [-0.1, -0.05) is 19.9 Å². The summed E-state index contributed by atoms with van der Waals surface area (Å²) in [5, 5.41) is 0. The number of nitrogens with two attached hydrogens (primary N) is 1. The summed E-state index contributed by atoms with van der Waals surface area (Å²) < 4.78 is 25.9. The van der Waals surface area contributed by atoms with E-state index in [1.165, 1.54) is 12.1 Å². The molecule has 0 aliphatic rings. The topological polar surface area (TPSA) is 26.0 Å². The smallest absolute Gasteiger partial charge is 0.130 e. The van der Waals surface area contributed by atoms with Gasteiger partial charge in [0.15, 0.2) is 0 Å². The third kappa shape index (κ3) is 4.45. The fourth-order valence-electron chi connectivity index (χ4n) is 1.47. The second kappa shape index (κ2) is 6.81. The minimum Gasteiger partial charge on any atom is -0.324 e. The van der Waals surface area contributed by atoms with E-state index in [0.29, 0.717) is 11.5 Å². The number of halogens is 3. The molecule has 16 heavy (non-hydrogen) atoms. The van der Waals surface area contributed by atoms with Crippen LogP contribution in [-0.4, -0.2) is 0 Å². The maximum Gasteiger partial charge on any atom is 0.130 e. The molecule has 92 valence electrons. The van der Waals surface area contributed by atoms with Crippen molar-refractivity contribution in [1.82, 2.24) is 0 Å². The second-order valence-corrected chi connectivity index (χ2v) is 4.24. The van der Waals surface area contributed by atoms with Gasteiger partial charge in [-0.3, -0.25) is 0 Å². The predicted octanol–water partition coefficient (Wildman–Crippen LogP) is 3.82. The number of hydrogen-bond acceptors (Lipinski definition) is 1. The van der Waals surface area contributed by atoms with Gasteiger partial charge in [-0.05, 0) is 24.8 Å². The van der Waals surface area contributed by atoms with Gasteiger partial charge in [0.1, 0.15) is 11.6 Å². The summed E-state index contributed by atoms with van der Waals surface area (Å²) in [6.07, 6.45) is 1.66. The van der Waals surface area contributed by atoms with Crippen LogP contribution < -0.4 is 5.73 Å². The van der Waals surface area contributed by atoms with Crippen LogP contribution in [0.5, 0.6) is 0 Å². The largest absolute Gasteiger partial charge is 0.324 e. The fourth-order valence-corrected chi connectivity index (χ4v) is 1.47. The Hall–Kier alpha value is -0.670. The van der Waals surface area contributed by atoms with Crippen molar-refractivity contribution < 1.29 is 8.78 Å². The van der Waals surface area contributed by atoms with Gasteiger partial charge in [-0.2, -0.15) is 0 Å². The van der Waals surface area contributed by atoms with Gasteiger partial charge in [0.2, 0.25) is 0 Å². The lowest BCUT2D eigenvalue weighted by atomic mass is 9.98. The first-order chi connectivity index (χ1) is 7.00. The molecule has 0 unspecified atom stereocenters. The van der Waals surface area contributed by atoms with Gasteiger partial charge in [0.05, 0.1) is 0 Å². The molecule has 0 aliphatic carbocycles. The van der Waals surface area contributed by atoms with E-state index in [0.717, 1.165) is 18.9 Å². The van der Waals surface area contributed by atoms with Crippen LogP contribution in [0.25, 0.3) is 0 Å². The average molecular weight is 250 g/mol. The minimum absolute atomic E-state index is 0. The van der Waals surface area contributed by atoms with Gasteiger partial charge >= 0.3 is 0 Å². The lowest BCUT2D eigenvalue weighted by molar-refractivity contribution is 0.487. The molecule has 0 spiro atoms. The van der Waals surface area contributed by atoms with Crippen LogP contribution in [0, 0.1) is 17.6 Å². The quantitative estimate of drug-likeness (QED) is 0.863. The van der Waals surface area contributed by atoms with Crippen LogP contribution >= 0.6 is 12.4 Å². The van der Waals surface area contributed by atoms with E-state index < -0.39 is 11.6 Å². The first-order valence-electron chi connectivity index (χ1n) is 5.21. The van der Waals surface area contributed by atoms with Crippen molar-refractivity contribution >= 4 is 12.4 Å². The molecule has 4 heteroatoms. The van der Waals surface area contributed by atoms with Crippen LogP contribution in [0.15, 0.2) is 18.2 Å². The monoisotopic (exact) mass is 249 g/mol. The van der Waals surface area contributed by atoms with Crippen LogP contribution in [0.1, 0.15) is 38.3 Å². The summed E-state index contributed by atoms with van der Waals surface area (Å²) in [4.78, 5) is 0. The summed E-state index contributed by atoms with van der Waals surface area (Å²) in [5.41, 5.74) is 6.23. The maximum atomic E-state index is 13.3. The highest BCUT2D eigenvalue weighted by Gasteiger charge is 2.12. The van der Waals surface area contributed by atoms with E-state index in [9.17, 15) is 8.78 Å². The molecule has 1 nitrogen and oxygen atoms in total. The van der Waals surface area contributed by atoms with Crippen molar-refractivity contribution in [3.63, 3.8) is 0 Å². The van der Waals surface area contributed by atoms with E-state index in [1.54, 1.807) is 0 Å². The summed E-state index contributed by atoms with van der Waals surface area (Å²) in [5.74, 6) is -0.571. The van der Waals surface area contributed by atoms with Gasteiger partial charge in [0.25, 0.3) is 0 Å². The summed E-state index contributed by atoms with van der Waals surface area (Å²) in [7, 11) is 0. The van der Waals surface area contributed by atoms with E-state index in [-0.39, 0.29) is 18.4 Å². The van der Waals surface area contributed by atoms with E-state index in [4.69, 9.17) is 5.73 Å². The van der Waals surface area contributed by atoms with Crippen molar-refractivity contribution in [3.8, 4) is 0 Å². The zero-order valence-electron chi connectivity index (χ0n) is 9.54. The molecule has 1 atom stereocenters. The molecule has 0 bridgehead atoms. The van der Waals surface area contributed by atoms with Crippen molar-refractivity contribution in [1.29, 1.82) is 0 Å². The SMILES string of the molecule is CC(C)CC[C@H](N)c1ccc(F)cc1F.Cl. The highest BCUT2D eigenvalue weighted by Crippen LogP contribution is 2.21. The summed E-state index contributed by atoms with van der Waals surface area (Å²) in [6.45, 7) is 4.18. The highest BCUT2D eigenvalue weighted by molar-refractivity contribution is 5.85. The van der Waals surface area contributed by atoms with Crippen molar-refractivity contribution in [2.75, 3.05) is 0 Å². The van der Waals surface area contributed by atoms with Crippen molar-refractivity contribution in [2.24, 2.45) is 11.7 Å². The molecule has 0 saturated carbocycles. The van der Waals surface area contributed by atoms with Gasteiger partial charge in [-0.15, -0.1) is 12.4 Å². The van der Waals surface area contributed by atoms with Gasteiger partial charge in [-0.25, -0.2) is 8.78 Å². The normalized spacial score (nSPS) is 12.4. The Balaban J connectivity index is 0.00000225. The van der Waals surface area contributed by atoms with Crippen LogP contribution in [0.2, 0.25) is 0 Å². The fraction of sp³-hybridized carbons (Fsp3) is 0.500. The molecular formula is C12H18ClF2N. The molecule has 2 N–H and O–H groups in total. The van der Waals surface area contributed by atoms with Crippen molar-refractivity contribution in [2.45, 2.75) is 32.7 Å². The predicted molar refractivity (Wildman–Crippen MR) is 64.6 cm³/mol. The Bertz CT molecular complexity index is 329. The van der Waals surface area contributed by atoms with Crippen LogP contribution in [0.4, 0.5) is 8.78 Å². The van der Waals surface area contributed by atoms with Crippen LogP contribution in [0.3, 0.4) is 0 Å². The highest BCUT2D eigenvalue weighted by atomic mass is 35.5. The third-order valence-corrected chi connectivity index (χ3v) is 2.42. The molecule has 0 aliphatic heterocycles. The Morgan fingerprint density at radius 3 is 2.31 bits per heavy atom. The number of benzene rings is 1. The zero-order valence-corrected chi connectivity index (χ0v) is 10.4. The Morgan fingerprint density at radius 2 is 1.81 bits per heavy atom. The third-order valence-electron chi connectivity index (χ3n) is 2.42. The minimum atomic E-state index is -0.563. The standard InChI is InChI=1S/C12H17F2N.ClH/c1-8(2)3-6-12(15)10-5-4-9(13)7-11(10)14;/h4-5,7-8,12H,3,6,15H2,1-2H3;1H/t12-;/m0./s1. The van der Waals surface area contributed by atoms with Gasteiger partial charge < -0.3 is 5.73 Å². The second-order valence-electron chi connectivity index (χ2n) is 4.24. The van der Waals surface area contributed by atoms with E-state index in [1.807, 2.05) is 0 Å². The number of hydrogen-bond donors (Lipinski definition) is 1. The lowest BCUT2D eigenvalue weighted by Crippen LogP contribution is -2.13. The Kier molecular flexibility index (Phi) is 6.53. The molecule has 0 amide bonds. The summed E-state index contributed by atoms with van der Waals surface area (Å²) in [6, 6.07) is 3.21. The first-order valence-corrected chi connectivity index (χ1v) is 5.21. The number of rotatable bonds is 4. The summed E-state index contributed by atoms with van der Waals surface area (Å²) >= 11 is 0. The van der Waals surface area contributed by atoms with E-state index >= 15 is 0 Å². The Labute approximate surface area is 101 Å².